The zero-order chi connectivity index (χ0) is 14.0. The zero-order valence-electron chi connectivity index (χ0n) is 12.3. The second-order valence-corrected chi connectivity index (χ2v) is 6.17. The van der Waals surface area contributed by atoms with Crippen LogP contribution in [0.4, 0.5) is 0 Å². The standard InChI is InChI=1S/C14H26N2O3/c1-15-9-11(19-3)8-12(15)13(17)16(2)10-14(18)6-4-5-7-14/h11-12,18H,4-10H2,1-3H3/t11-,12-/m0/s1. The molecule has 2 fully saturated rings. The Morgan fingerprint density at radius 1 is 1.47 bits per heavy atom. The van der Waals surface area contributed by atoms with Gasteiger partial charge in [0.25, 0.3) is 0 Å². The predicted octanol–water partition coefficient (Wildman–Crippen LogP) is 0.469. The highest BCUT2D eigenvalue weighted by molar-refractivity contribution is 5.82. The van der Waals surface area contributed by atoms with E-state index in [4.69, 9.17) is 4.74 Å². The number of amides is 1. The van der Waals surface area contributed by atoms with Crippen LogP contribution >= 0.6 is 0 Å². The third-order valence-electron chi connectivity index (χ3n) is 4.57. The van der Waals surface area contributed by atoms with Crippen LogP contribution in [0.5, 0.6) is 0 Å². The van der Waals surface area contributed by atoms with Gasteiger partial charge in [-0.3, -0.25) is 9.69 Å². The van der Waals surface area contributed by atoms with Gasteiger partial charge >= 0.3 is 0 Å². The number of carbonyl (C=O) groups is 1. The average Bonchev–Trinajstić information content (AvgIpc) is 2.94. The molecule has 5 nitrogen and oxygen atoms in total. The molecule has 1 aliphatic carbocycles. The molecule has 1 saturated carbocycles. The van der Waals surface area contributed by atoms with Crippen LogP contribution in [0.2, 0.25) is 0 Å². The zero-order valence-corrected chi connectivity index (χ0v) is 12.3. The van der Waals surface area contributed by atoms with Crippen molar-refractivity contribution < 1.29 is 14.6 Å². The molecule has 1 saturated heterocycles. The minimum Gasteiger partial charge on any atom is -0.388 e. The van der Waals surface area contributed by atoms with E-state index in [1.165, 1.54) is 0 Å². The van der Waals surface area contributed by atoms with Crippen molar-refractivity contribution in [2.45, 2.75) is 49.9 Å². The molecule has 0 aromatic carbocycles. The Morgan fingerprint density at radius 2 is 2.11 bits per heavy atom. The summed E-state index contributed by atoms with van der Waals surface area (Å²) >= 11 is 0. The summed E-state index contributed by atoms with van der Waals surface area (Å²) in [5.41, 5.74) is -0.664. The maximum absolute atomic E-state index is 12.5. The summed E-state index contributed by atoms with van der Waals surface area (Å²) in [6, 6.07) is -0.111. The molecule has 1 amide bonds. The predicted molar refractivity (Wildman–Crippen MR) is 72.9 cm³/mol. The molecule has 19 heavy (non-hydrogen) atoms. The third kappa shape index (κ3) is 3.27. The van der Waals surface area contributed by atoms with Gasteiger partial charge in [-0.05, 0) is 26.3 Å². The first kappa shape index (κ1) is 14.8. The van der Waals surface area contributed by atoms with Crippen LogP contribution in [0, 0.1) is 0 Å². The van der Waals surface area contributed by atoms with Gasteiger partial charge in [0.1, 0.15) is 0 Å². The average molecular weight is 270 g/mol. The van der Waals surface area contributed by atoms with Crippen LogP contribution in [-0.2, 0) is 9.53 Å². The molecule has 5 heteroatoms. The first-order chi connectivity index (χ1) is 8.95. The third-order valence-corrected chi connectivity index (χ3v) is 4.57. The Morgan fingerprint density at radius 3 is 2.63 bits per heavy atom. The van der Waals surface area contributed by atoms with Gasteiger partial charge in [-0.2, -0.15) is 0 Å². The second-order valence-electron chi connectivity index (χ2n) is 6.17. The van der Waals surface area contributed by atoms with Crippen LogP contribution in [0.25, 0.3) is 0 Å². The summed E-state index contributed by atoms with van der Waals surface area (Å²) < 4.78 is 5.33. The highest BCUT2D eigenvalue weighted by Gasteiger charge is 2.39. The molecule has 1 aliphatic heterocycles. The van der Waals surface area contributed by atoms with Gasteiger partial charge in [-0.25, -0.2) is 0 Å². The van der Waals surface area contributed by atoms with Crippen molar-refractivity contribution in [1.82, 2.24) is 9.80 Å². The maximum Gasteiger partial charge on any atom is 0.239 e. The van der Waals surface area contributed by atoms with Gasteiger partial charge in [0.2, 0.25) is 5.91 Å². The molecule has 1 N–H and O–H groups in total. The SMILES string of the molecule is CO[C@H]1C[C@@H](C(=O)N(C)CC2(O)CCCC2)N(C)C1. The monoisotopic (exact) mass is 270 g/mol. The molecule has 0 bridgehead atoms. The van der Waals surface area contributed by atoms with Crippen LogP contribution in [-0.4, -0.2) is 72.9 Å². The molecule has 0 aromatic heterocycles. The molecular weight excluding hydrogens is 244 g/mol. The minimum absolute atomic E-state index is 0.0994. The molecule has 110 valence electrons. The van der Waals surface area contributed by atoms with Gasteiger partial charge in [-0.1, -0.05) is 12.8 Å². The van der Waals surface area contributed by atoms with E-state index in [0.29, 0.717) is 6.54 Å². The number of likely N-dealkylation sites (tertiary alicyclic amines) is 1. The summed E-state index contributed by atoms with van der Waals surface area (Å²) in [5.74, 6) is 0.0994. The number of carbonyl (C=O) groups excluding carboxylic acids is 1. The highest BCUT2D eigenvalue weighted by atomic mass is 16.5. The molecule has 0 aromatic rings. The summed E-state index contributed by atoms with van der Waals surface area (Å²) in [4.78, 5) is 16.2. The number of aliphatic hydroxyl groups is 1. The Hall–Kier alpha value is -0.650. The smallest absolute Gasteiger partial charge is 0.239 e. The lowest BCUT2D eigenvalue weighted by Crippen LogP contribution is -2.48. The summed E-state index contributed by atoms with van der Waals surface area (Å²) in [6.07, 6.45) is 4.63. The summed E-state index contributed by atoms with van der Waals surface area (Å²) in [6.45, 7) is 1.25. The number of methoxy groups -OCH3 is 1. The van der Waals surface area contributed by atoms with E-state index in [0.717, 1.165) is 38.6 Å². The molecule has 0 spiro atoms. The van der Waals surface area contributed by atoms with Crippen LogP contribution < -0.4 is 0 Å². The number of rotatable bonds is 4. The van der Waals surface area contributed by atoms with Gasteiger partial charge in [0.05, 0.1) is 17.7 Å². The highest BCUT2D eigenvalue weighted by Crippen LogP contribution is 2.30. The first-order valence-electron chi connectivity index (χ1n) is 7.15. The first-order valence-corrected chi connectivity index (χ1v) is 7.15. The van der Waals surface area contributed by atoms with Gasteiger partial charge in [-0.15, -0.1) is 0 Å². The van der Waals surface area contributed by atoms with Crippen molar-refractivity contribution >= 4 is 5.91 Å². The van der Waals surface area contributed by atoms with Crippen molar-refractivity contribution in [3.8, 4) is 0 Å². The molecule has 2 atom stereocenters. The topological polar surface area (TPSA) is 53.0 Å². The fourth-order valence-corrected chi connectivity index (χ4v) is 3.38. The molecule has 0 radical (unpaired) electrons. The molecule has 2 aliphatic rings. The summed E-state index contributed by atoms with van der Waals surface area (Å²) in [7, 11) is 5.45. The van der Waals surface area contributed by atoms with Crippen molar-refractivity contribution in [3.05, 3.63) is 0 Å². The minimum atomic E-state index is -0.664. The van der Waals surface area contributed by atoms with E-state index in [9.17, 15) is 9.90 Å². The van der Waals surface area contributed by atoms with E-state index in [1.54, 1.807) is 19.1 Å². The number of likely N-dealkylation sites (N-methyl/N-ethyl adjacent to an activating group) is 2. The fraction of sp³-hybridized carbons (Fsp3) is 0.929. The lowest BCUT2D eigenvalue weighted by molar-refractivity contribution is -0.137. The van der Waals surface area contributed by atoms with Gasteiger partial charge < -0.3 is 14.7 Å². The maximum atomic E-state index is 12.5. The fourth-order valence-electron chi connectivity index (χ4n) is 3.38. The van der Waals surface area contributed by atoms with Crippen molar-refractivity contribution in [1.29, 1.82) is 0 Å². The normalized spacial score (nSPS) is 30.7. The molecule has 0 unspecified atom stereocenters. The van der Waals surface area contributed by atoms with Gasteiger partial charge in [0.15, 0.2) is 0 Å². The molecular formula is C14H26N2O3. The number of nitrogens with zero attached hydrogens (tertiary/aromatic N) is 2. The van der Waals surface area contributed by atoms with E-state index < -0.39 is 5.60 Å². The quantitative estimate of drug-likeness (QED) is 0.807. The van der Waals surface area contributed by atoms with E-state index in [1.807, 2.05) is 11.9 Å². The molecule has 2 rings (SSSR count). The lowest BCUT2D eigenvalue weighted by Gasteiger charge is -2.31. The van der Waals surface area contributed by atoms with Crippen molar-refractivity contribution in [3.63, 3.8) is 0 Å². The largest absolute Gasteiger partial charge is 0.388 e. The Labute approximate surface area is 115 Å². The Balaban J connectivity index is 1.92. The van der Waals surface area contributed by atoms with E-state index in [2.05, 4.69) is 0 Å². The van der Waals surface area contributed by atoms with E-state index in [-0.39, 0.29) is 18.1 Å². The number of hydrogen-bond acceptors (Lipinski definition) is 4. The lowest BCUT2D eigenvalue weighted by atomic mass is 10.0. The van der Waals surface area contributed by atoms with Crippen LogP contribution in [0.1, 0.15) is 32.1 Å². The van der Waals surface area contributed by atoms with Crippen LogP contribution in [0.3, 0.4) is 0 Å². The molecule has 1 heterocycles. The second kappa shape index (κ2) is 5.77. The Kier molecular flexibility index (Phi) is 4.48. The van der Waals surface area contributed by atoms with Gasteiger partial charge in [0, 0.05) is 27.2 Å². The van der Waals surface area contributed by atoms with Crippen molar-refractivity contribution in [2.75, 3.05) is 34.3 Å². The van der Waals surface area contributed by atoms with Crippen molar-refractivity contribution in [2.24, 2.45) is 0 Å². The van der Waals surface area contributed by atoms with Crippen LogP contribution in [0.15, 0.2) is 0 Å². The number of ether oxygens (including phenoxy) is 1. The van der Waals surface area contributed by atoms with E-state index >= 15 is 0 Å². The number of hydrogen-bond donors (Lipinski definition) is 1. The summed E-state index contributed by atoms with van der Waals surface area (Å²) in [5, 5.41) is 10.4. The Bertz CT molecular complexity index is 329.